The van der Waals surface area contributed by atoms with Gasteiger partial charge in [-0.3, -0.25) is 18.6 Å². The van der Waals surface area contributed by atoms with E-state index >= 15 is 0 Å². The third kappa shape index (κ3) is 3.51. The zero-order valence-electron chi connectivity index (χ0n) is 16.2. The molecule has 3 aromatic heterocycles. The van der Waals surface area contributed by atoms with Gasteiger partial charge in [0.2, 0.25) is 5.78 Å². The van der Waals surface area contributed by atoms with Gasteiger partial charge in [-0.25, -0.2) is 0 Å². The Morgan fingerprint density at radius 3 is 2.79 bits per heavy atom. The van der Waals surface area contributed by atoms with Crippen molar-refractivity contribution in [3.8, 4) is 0 Å². The normalized spacial score (nSPS) is 11.4. The van der Waals surface area contributed by atoms with Crippen LogP contribution in [0.4, 0.5) is 0 Å². The van der Waals surface area contributed by atoms with Crippen molar-refractivity contribution in [2.24, 2.45) is 7.05 Å². The standard InChI is InChI=1S/C19H19N5O4S/c1-11-14(12(2)28-22-11)9-29-10-17(25)27-8-16-20-21-19-23(3)18(26)13-6-4-5-7-15(13)24(16)19/h4-7H,8-10H2,1-3H3. The minimum atomic E-state index is -0.354. The zero-order valence-corrected chi connectivity index (χ0v) is 17.0. The summed E-state index contributed by atoms with van der Waals surface area (Å²) < 4.78 is 13.7. The molecule has 0 saturated heterocycles. The van der Waals surface area contributed by atoms with Gasteiger partial charge in [-0.15, -0.1) is 22.0 Å². The predicted octanol–water partition coefficient (Wildman–Crippen LogP) is 2.16. The summed E-state index contributed by atoms with van der Waals surface area (Å²) in [6, 6.07) is 7.20. The molecule has 4 rings (SSSR count). The first-order chi connectivity index (χ1) is 14.0. The molecule has 0 spiro atoms. The topological polar surface area (TPSA) is 105 Å². The summed E-state index contributed by atoms with van der Waals surface area (Å²) in [5.74, 6) is 2.07. The Bertz CT molecular complexity index is 1250. The number of carbonyl (C=O) groups is 1. The quantitative estimate of drug-likeness (QED) is 0.443. The second-order valence-corrected chi connectivity index (χ2v) is 7.57. The SMILES string of the molecule is Cc1noc(C)c1CSCC(=O)OCc1nnc2n(C)c(=O)c3ccccc3n12. The van der Waals surface area contributed by atoms with Crippen LogP contribution in [0, 0.1) is 13.8 Å². The number of hydrogen-bond acceptors (Lipinski definition) is 8. The molecule has 9 nitrogen and oxygen atoms in total. The molecule has 0 aliphatic rings. The lowest BCUT2D eigenvalue weighted by Crippen LogP contribution is -2.20. The number of thioether (sulfide) groups is 1. The zero-order chi connectivity index (χ0) is 20.5. The smallest absolute Gasteiger partial charge is 0.316 e. The average Bonchev–Trinajstić information content (AvgIpc) is 3.29. The molecule has 0 bridgehead atoms. The Labute approximate surface area is 169 Å². The fourth-order valence-corrected chi connectivity index (χ4v) is 4.08. The van der Waals surface area contributed by atoms with Crippen molar-refractivity contribution >= 4 is 34.4 Å². The molecule has 150 valence electrons. The first-order valence-corrected chi connectivity index (χ1v) is 10.1. The van der Waals surface area contributed by atoms with Gasteiger partial charge in [0.05, 0.1) is 22.3 Å². The number of fused-ring (bicyclic) bond motifs is 3. The van der Waals surface area contributed by atoms with E-state index in [0.29, 0.717) is 28.3 Å². The first-order valence-electron chi connectivity index (χ1n) is 8.94. The summed E-state index contributed by atoms with van der Waals surface area (Å²) >= 11 is 1.43. The van der Waals surface area contributed by atoms with Crippen LogP contribution >= 0.6 is 11.8 Å². The lowest BCUT2D eigenvalue weighted by atomic mass is 10.2. The van der Waals surface area contributed by atoms with Crippen molar-refractivity contribution in [2.45, 2.75) is 26.2 Å². The highest BCUT2D eigenvalue weighted by Crippen LogP contribution is 2.20. The number of benzene rings is 1. The molecule has 10 heteroatoms. The summed E-state index contributed by atoms with van der Waals surface area (Å²) in [4.78, 5) is 24.6. The van der Waals surface area contributed by atoms with Crippen molar-refractivity contribution in [3.63, 3.8) is 0 Å². The van der Waals surface area contributed by atoms with Crippen LogP contribution in [-0.4, -0.2) is 36.0 Å². The Morgan fingerprint density at radius 1 is 1.24 bits per heavy atom. The van der Waals surface area contributed by atoms with Crippen LogP contribution in [0.25, 0.3) is 16.7 Å². The van der Waals surface area contributed by atoms with Crippen LogP contribution in [0.1, 0.15) is 22.8 Å². The molecule has 0 unspecified atom stereocenters. The van der Waals surface area contributed by atoms with Crippen molar-refractivity contribution in [3.05, 3.63) is 57.5 Å². The van der Waals surface area contributed by atoms with E-state index in [1.165, 1.54) is 16.3 Å². The maximum Gasteiger partial charge on any atom is 0.316 e. The van der Waals surface area contributed by atoms with Gasteiger partial charge in [0.1, 0.15) is 5.76 Å². The van der Waals surface area contributed by atoms with E-state index in [1.807, 2.05) is 26.0 Å². The maximum absolute atomic E-state index is 12.5. The lowest BCUT2D eigenvalue weighted by molar-refractivity contribution is -0.141. The number of aromatic nitrogens is 5. The molecule has 0 aliphatic carbocycles. The number of esters is 1. The van der Waals surface area contributed by atoms with Gasteiger partial charge in [-0.2, -0.15) is 0 Å². The van der Waals surface area contributed by atoms with Gasteiger partial charge >= 0.3 is 5.97 Å². The highest BCUT2D eigenvalue weighted by atomic mass is 32.2. The molecule has 0 atom stereocenters. The second kappa shape index (κ2) is 7.70. The van der Waals surface area contributed by atoms with Crippen LogP contribution in [-0.2, 0) is 28.9 Å². The molecular weight excluding hydrogens is 394 g/mol. The van der Waals surface area contributed by atoms with E-state index in [2.05, 4.69) is 15.4 Å². The first kappa shape index (κ1) is 19.2. The third-order valence-corrected chi connectivity index (χ3v) is 5.64. The van der Waals surface area contributed by atoms with E-state index in [-0.39, 0.29) is 23.9 Å². The summed E-state index contributed by atoms with van der Waals surface area (Å²) in [6.07, 6.45) is 0. The van der Waals surface area contributed by atoms with Gasteiger partial charge in [0.15, 0.2) is 12.4 Å². The molecule has 3 heterocycles. The van der Waals surface area contributed by atoms with Crippen molar-refractivity contribution in [2.75, 3.05) is 5.75 Å². The van der Waals surface area contributed by atoms with Crippen LogP contribution in [0.3, 0.4) is 0 Å². The van der Waals surface area contributed by atoms with Crippen LogP contribution in [0.2, 0.25) is 0 Å². The van der Waals surface area contributed by atoms with E-state index in [9.17, 15) is 9.59 Å². The number of rotatable bonds is 6. The molecule has 0 radical (unpaired) electrons. The largest absolute Gasteiger partial charge is 0.457 e. The lowest BCUT2D eigenvalue weighted by Gasteiger charge is -2.08. The number of hydrogen-bond donors (Lipinski definition) is 0. The van der Waals surface area contributed by atoms with E-state index < -0.39 is 0 Å². The molecule has 1 aromatic carbocycles. The Morgan fingerprint density at radius 2 is 2.03 bits per heavy atom. The molecule has 0 amide bonds. The Balaban J connectivity index is 1.47. The maximum atomic E-state index is 12.5. The molecule has 0 aliphatic heterocycles. The van der Waals surface area contributed by atoms with Gasteiger partial charge < -0.3 is 9.26 Å². The fourth-order valence-electron chi connectivity index (χ4n) is 3.12. The molecule has 29 heavy (non-hydrogen) atoms. The van der Waals surface area contributed by atoms with Crippen LogP contribution < -0.4 is 5.56 Å². The molecule has 0 fully saturated rings. The second-order valence-electron chi connectivity index (χ2n) is 6.59. The van der Waals surface area contributed by atoms with Crippen molar-refractivity contribution in [1.82, 2.24) is 24.3 Å². The minimum Gasteiger partial charge on any atom is -0.457 e. The van der Waals surface area contributed by atoms with Crippen LogP contribution in [0.5, 0.6) is 0 Å². The van der Waals surface area contributed by atoms with Crippen LogP contribution in [0.15, 0.2) is 33.6 Å². The van der Waals surface area contributed by atoms with E-state index in [1.54, 1.807) is 23.6 Å². The highest BCUT2D eigenvalue weighted by molar-refractivity contribution is 7.99. The summed E-state index contributed by atoms with van der Waals surface area (Å²) in [5.41, 5.74) is 2.35. The van der Waals surface area contributed by atoms with Gasteiger partial charge in [0.25, 0.3) is 5.56 Å². The van der Waals surface area contributed by atoms with Crippen molar-refractivity contribution < 1.29 is 14.1 Å². The van der Waals surface area contributed by atoms with Gasteiger partial charge in [-0.05, 0) is 26.0 Å². The molecule has 4 aromatic rings. The Hall–Kier alpha value is -3.14. The highest BCUT2D eigenvalue weighted by Gasteiger charge is 2.16. The molecule has 0 saturated carbocycles. The number of aryl methyl sites for hydroxylation is 3. The Kier molecular flexibility index (Phi) is 5.10. The number of carbonyl (C=O) groups excluding carboxylic acids is 1. The minimum absolute atomic E-state index is 0.0337. The molecular formula is C19H19N5O4S. The van der Waals surface area contributed by atoms with Gasteiger partial charge in [-0.1, -0.05) is 17.3 Å². The monoisotopic (exact) mass is 413 g/mol. The third-order valence-electron chi connectivity index (χ3n) is 4.70. The fraction of sp³-hybridized carbons (Fsp3) is 0.316. The average molecular weight is 413 g/mol. The van der Waals surface area contributed by atoms with E-state index in [0.717, 1.165) is 17.0 Å². The summed E-state index contributed by atoms with van der Waals surface area (Å²) in [5, 5.41) is 12.6. The summed E-state index contributed by atoms with van der Waals surface area (Å²) in [7, 11) is 1.64. The number of para-hydroxylation sites is 1. The van der Waals surface area contributed by atoms with Crippen molar-refractivity contribution in [1.29, 1.82) is 0 Å². The predicted molar refractivity (Wildman–Crippen MR) is 108 cm³/mol. The van der Waals surface area contributed by atoms with Gasteiger partial charge in [0, 0.05) is 18.4 Å². The number of ether oxygens (including phenoxy) is 1. The van der Waals surface area contributed by atoms with E-state index in [4.69, 9.17) is 9.26 Å². The molecule has 0 N–H and O–H groups in total. The summed E-state index contributed by atoms with van der Waals surface area (Å²) in [6.45, 7) is 3.69. The number of nitrogens with zero attached hydrogens (tertiary/aromatic N) is 5.